The summed E-state index contributed by atoms with van der Waals surface area (Å²) in [4.78, 5) is 25.2. The third-order valence-electron chi connectivity index (χ3n) is 3.36. The van der Waals surface area contributed by atoms with Crippen LogP contribution in [0.15, 0.2) is 48.5 Å². The molecule has 0 aromatic heterocycles. The Morgan fingerprint density at radius 3 is 2.39 bits per heavy atom. The highest BCUT2D eigenvalue weighted by Crippen LogP contribution is 2.28. The van der Waals surface area contributed by atoms with Crippen molar-refractivity contribution in [3.05, 3.63) is 59.7 Å². The minimum atomic E-state index is -0.821. The van der Waals surface area contributed by atoms with Crippen molar-refractivity contribution in [2.45, 2.75) is 6.10 Å². The first-order valence-corrected chi connectivity index (χ1v) is 7.12. The van der Waals surface area contributed by atoms with Gasteiger partial charge in [0, 0.05) is 19.7 Å². The van der Waals surface area contributed by atoms with Crippen LogP contribution in [0.3, 0.4) is 0 Å². The molecule has 0 aliphatic heterocycles. The number of methoxy groups -OCH3 is 1. The summed E-state index contributed by atoms with van der Waals surface area (Å²) < 4.78 is 11.0. The van der Waals surface area contributed by atoms with Crippen molar-refractivity contribution >= 4 is 12.2 Å². The first kappa shape index (κ1) is 16.5. The number of likely N-dealkylation sites (N-methyl/N-ethyl adjacent to an activating group) is 1. The van der Waals surface area contributed by atoms with Crippen LogP contribution in [0.25, 0.3) is 0 Å². The third-order valence-corrected chi connectivity index (χ3v) is 3.36. The number of benzene rings is 2. The molecule has 2 aromatic rings. The zero-order valence-corrected chi connectivity index (χ0v) is 13.4. The van der Waals surface area contributed by atoms with E-state index in [2.05, 4.69) is 0 Å². The van der Waals surface area contributed by atoms with E-state index in [0.29, 0.717) is 23.3 Å². The molecule has 23 heavy (non-hydrogen) atoms. The molecule has 2 rings (SSSR count). The molecule has 0 unspecified atom stereocenters. The maximum Gasteiger partial charge on any atom is 0.267 e. The lowest BCUT2D eigenvalue weighted by Crippen LogP contribution is -2.31. The molecule has 1 amide bonds. The Kier molecular flexibility index (Phi) is 5.36. The van der Waals surface area contributed by atoms with Gasteiger partial charge in [0.1, 0.15) is 11.5 Å². The second kappa shape index (κ2) is 7.45. The topological polar surface area (TPSA) is 55.8 Å². The number of aldehydes is 1. The number of nitrogens with zero attached hydrogens (tertiary/aromatic N) is 1. The summed E-state index contributed by atoms with van der Waals surface area (Å²) >= 11 is 0. The number of carbonyl (C=O) groups is 2. The van der Waals surface area contributed by atoms with Crippen LogP contribution >= 0.6 is 0 Å². The quantitative estimate of drug-likeness (QED) is 0.770. The molecule has 0 N–H and O–H groups in total. The van der Waals surface area contributed by atoms with Crippen LogP contribution in [-0.4, -0.2) is 38.3 Å². The molecule has 1 atom stereocenters. The lowest BCUT2D eigenvalue weighted by Gasteiger charge is -2.23. The van der Waals surface area contributed by atoms with E-state index in [1.807, 2.05) is 30.3 Å². The lowest BCUT2D eigenvalue weighted by molar-refractivity contribution is -0.136. The Balaban J connectivity index is 2.39. The molecule has 0 fully saturated rings. The van der Waals surface area contributed by atoms with Crippen molar-refractivity contribution in [1.82, 2.24) is 4.90 Å². The molecular formula is C18H19NO4. The SMILES string of the molecule is COc1ccc(O[C@@H](C(=O)N(C)C)c2ccccc2)c(C=O)c1. The summed E-state index contributed by atoms with van der Waals surface area (Å²) in [5.74, 6) is 0.684. The van der Waals surface area contributed by atoms with E-state index in [0.717, 1.165) is 5.56 Å². The highest BCUT2D eigenvalue weighted by atomic mass is 16.5. The molecule has 5 heteroatoms. The minimum absolute atomic E-state index is 0.205. The number of carbonyl (C=O) groups excluding carboxylic acids is 2. The molecule has 0 radical (unpaired) electrons. The minimum Gasteiger partial charge on any atom is -0.497 e. The summed E-state index contributed by atoms with van der Waals surface area (Å²) in [6.45, 7) is 0. The largest absolute Gasteiger partial charge is 0.497 e. The van der Waals surface area contributed by atoms with Crippen LogP contribution in [0.4, 0.5) is 0 Å². The average molecular weight is 313 g/mol. The fourth-order valence-corrected chi connectivity index (χ4v) is 2.10. The van der Waals surface area contributed by atoms with Crippen molar-refractivity contribution in [2.75, 3.05) is 21.2 Å². The number of hydrogen-bond acceptors (Lipinski definition) is 4. The van der Waals surface area contributed by atoms with Crippen LogP contribution in [0.2, 0.25) is 0 Å². The van der Waals surface area contributed by atoms with Gasteiger partial charge in [-0.05, 0) is 18.2 Å². The summed E-state index contributed by atoms with van der Waals surface area (Å²) in [7, 11) is 4.85. The van der Waals surface area contributed by atoms with Crippen molar-refractivity contribution in [1.29, 1.82) is 0 Å². The van der Waals surface area contributed by atoms with Crippen molar-refractivity contribution in [3.63, 3.8) is 0 Å². The van der Waals surface area contributed by atoms with Crippen LogP contribution < -0.4 is 9.47 Å². The predicted octanol–water partition coefficient (Wildman–Crippen LogP) is 2.72. The predicted molar refractivity (Wildman–Crippen MR) is 86.9 cm³/mol. The molecule has 5 nitrogen and oxygen atoms in total. The normalized spacial score (nSPS) is 11.4. The number of ether oxygens (including phenoxy) is 2. The zero-order valence-electron chi connectivity index (χ0n) is 13.4. The first-order chi connectivity index (χ1) is 11.1. The van der Waals surface area contributed by atoms with E-state index < -0.39 is 6.10 Å². The number of amides is 1. The van der Waals surface area contributed by atoms with E-state index in [1.165, 1.54) is 12.0 Å². The van der Waals surface area contributed by atoms with Crippen LogP contribution in [0.5, 0.6) is 11.5 Å². The third kappa shape index (κ3) is 3.88. The van der Waals surface area contributed by atoms with Crippen LogP contribution in [0, 0.1) is 0 Å². The second-order valence-electron chi connectivity index (χ2n) is 5.16. The molecular weight excluding hydrogens is 294 g/mol. The fourth-order valence-electron chi connectivity index (χ4n) is 2.10. The van der Waals surface area contributed by atoms with Gasteiger partial charge in [0.05, 0.1) is 12.7 Å². The Morgan fingerprint density at radius 1 is 1.13 bits per heavy atom. The van der Waals surface area contributed by atoms with Gasteiger partial charge in [0.15, 0.2) is 6.29 Å². The van der Waals surface area contributed by atoms with Gasteiger partial charge >= 0.3 is 0 Å². The lowest BCUT2D eigenvalue weighted by atomic mass is 10.1. The van der Waals surface area contributed by atoms with Gasteiger partial charge in [0.2, 0.25) is 6.10 Å². The van der Waals surface area contributed by atoms with Crippen molar-refractivity contribution in [3.8, 4) is 11.5 Å². The Bertz CT molecular complexity index is 683. The maximum atomic E-state index is 12.5. The molecule has 0 bridgehead atoms. The second-order valence-corrected chi connectivity index (χ2v) is 5.16. The fraction of sp³-hybridized carbons (Fsp3) is 0.222. The smallest absolute Gasteiger partial charge is 0.267 e. The monoisotopic (exact) mass is 313 g/mol. The first-order valence-electron chi connectivity index (χ1n) is 7.12. The standard InChI is InChI=1S/C18H19NO4/c1-19(2)18(21)17(13-7-5-4-6-8-13)23-16-10-9-15(22-3)11-14(16)12-20/h4-12,17H,1-3H3/t17-/m1/s1. The molecule has 0 saturated carbocycles. The molecule has 2 aromatic carbocycles. The van der Waals surface area contributed by atoms with Crippen LogP contribution in [0.1, 0.15) is 22.0 Å². The molecule has 0 heterocycles. The van der Waals surface area contributed by atoms with Gasteiger partial charge in [-0.2, -0.15) is 0 Å². The van der Waals surface area contributed by atoms with E-state index in [1.54, 1.807) is 32.3 Å². The Hall–Kier alpha value is -2.82. The van der Waals surface area contributed by atoms with Gasteiger partial charge in [0.25, 0.3) is 5.91 Å². The van der Waals surface area contributed by atoms with Crippen molar-refractivity contribution in [2.24, 2.45) is 0 Å². The molecule has 0 aliphatic rings. The van der Waals surface area contributed by atoms with Gasteiger partial charge in [-0.1, -0.05) is 30.3 Å². The number of rotatable bonds is 6. The maximum absolute atomic E-state index is 12.5. The molecule has 0 saturated heterocycles. The molecule has 120 valence electrons. The van der Waals surface area contributed by atoms with Gasteiger partial charge in [-0.3, -0.25) is 9.59 Å². The molecule has 0 aliphatic carbocycles. The van der Waals surface area contributed by atoms with Gasteiger partial charge < -0.3 is 14.4 Å². The van der Waals surface area contributed by atoms with E-state index in [9.17, 15) is 9.59 Å². The highest BCUT2D eigenvalue weighted by molar-refractivity contribution is 5.84. The van der Waals surface area contributed by atoms with E-state index in [-0.39, 0.29) is 5.91 Å². The van der Waals surface area contributed by atoms with Crippen LogP contribution in [-0.2, 0) is 4.79 Å². The Morgan fingerprint density at radius 2 is 1.83 bits per heavy atom. The Labute approximate surface area is 135 Å². The highest BCUT2D eigenvalue weighted by Gasteiger charge is 2.25. The van der Waals surface area contributed by atoms with Gasteiger partial charge in [-0.15, -0.1) is 0 Å². The average Bonchev–Trinajstić information content (AvgIpc) is 2.59. The zero-order chi connectivity index (χ0) is 16.8. The summed E-state index contributed by atoms with van der Waals surface area (Å²) in [6, 6.07) is 14.1. The summed E-state index contributed by atoms with van der Waals surface area (Å²) in [6.07, 6.45) is -0.140. The summed E-state index contributed by atoms with van der Waals surface area (Å²) in [5.41, 5.74) is 1.05. The van der Waals surface area contributed by atoms with Crippen molar-refractivity contribution < 1.29 is 19.1 Å². The van der Waals surface area contributed by atoms with E-state index >= 15 is 0 Å². The van der Waals surface area contributed by atoms with E-state index in [4.69, 9.17) is 9.47 Å². The van der Waals surface area contributed by atoms with Gasteiger partial charge in [-0.25, -0.2) is 0 Å². The molecule has 0 spiro atoms. The number of hydrogen-bond donors (Lipinski definition) is 0. The summed E-state index contributed by atoms with van der Waals surface area (Å²) in [5, 5.41) is 0.